The summed E-state index contributed by atoms with van der Waals surface area (Å²) in [7, 11) is 0. The van der Waals surface area contributed by atoms with Crippen LogP contribution in [0.3, 0.4) is 0 Å². The predicted molar refractivity (Wildman–Crippen MR) is 82.6 cm³/mol. The highest BCUT2D eigenvalue weighted by molar-refractivity contribution is 5.36. The van der Waals surface area contributed by atoms with Crippen LogP contribution < -0.4 is 16.7 Å². The second-order valence-electron chi connectivity index (χ2n) is 6.42. The Balaban J connectivity index is 2.32. The van der Waals surface area contributed by atoms with E-state index in [0.717, 1.165) is 10.8 Å². The number of nitrogens with one attached hydrogen (secondary N) is 2. The standard InChI is InChI=1S/C13H21N5O6/c1-13(2,3)16-17-15-6-4-18(12(23)14-10(6)22)11-9(21)8(20)7(5-19)24-11/h4,7-9,11,19-21H,5H2,1-3H3,(H,15,16)(H,14,22,23). The van der Waals surface area contributed by atoms with Crippen molar-refractivity contribution >= 4 is 5.69 Å². The molecule has 0 radical (unpaired) electrons. The second kappa shape index (κ2) is 6.81. The number of hydrogen-bond acceptors (Lipinski definition) is 8. The van der Waals surface area contributed by atoms with Crippen molar-refractivity contribution in [1.82, 2.24) is 9.55 Å². The minimum atomic E-state index is -1.45. The first-order valence-electron chi connectivity index (χ1n) is 7.30. The summed E-state index contributed by atoms with van der Waals surface area (Å²) in [5.74, 6) is 0. The van der Waals surface area contributed by atoms with Crippen LogP contribution in [0.1, 0.15) is 27.0 Å². The molecule has 24 heavy (non-hydrogen) atoms. The average molecular weight is 343 g/mol. The monoisotopic (exact) mass is 343 g/mol. The van der Waals surface area contributed by atoms with Gasteiger partial charge in [-0.1, -0.05) is 5.22 Å². The van der Waals surface area contributed by atoms with E-state index in [1.54, 1.807) is 0 Å². The molecule has 11 heteroatoms. The molecule has 11 nitrogen and oxygen atoms in total. The van der Waals surface area contributed by atoms with E-state index in [0.29, 0.717) is 0 Å². The topological polar surface area (TPSA) is 162 Å². The van der Waals surface area contributed by atoms with E-state index >= 15 is 0 Å². The van der Waals surface area contributed by atoms with Crippen LogP contribution in [0, 0.1) is 0 Å². The fourth-order valence-electron chi connectivity index (χ4n) is 2.09. The number of aromatic amines is 1. The lowest BCUT2D eigenvalue weighted by Crippen LogP contribution is -2.38. The Hall–Kier alpha value is -2.08. The summed E-state index contributed by atoms with van der Waals surface area (Å²) in [6.45, 7) is 4.89. The van der Waals surface area contributed by atoms with Crippen molar-refractivity contribution in [2.45, 2.75) is 50.8 Å². The molecule has 0 amide bonds. The number of aliphatic hydroxyl groups excluding tert-OH is 3. The number of anilines is 1. The van der Waals surface area contributed by atoms with Crippen molar-refractivity contribution in [2.24, 2.45) is 10.3 Å². The van der Waals surface area contributed by atoms with Crippen LogP contribution in [0.5, 0.6) is 0 Å². The normalized spacial score (nSPS) is 27.8. The highest BCUT2D eigenvalue weighted by Crippen LogP contribution is 2.28. The largest absolute Gasteiger partial charge is 0.394 e. The van der Waals surface area contributed by atoms with Crippen LogP contribution in [-0.4, -0.2) is 55.3 Å². The molecule has 0 bridgehead atoms. The van der Waals surface area contributed by atoms with Gasteiger partial charge in [0.1, 0.15) is 24.0 Å². The molecule has 1 saturated heterocycles. The zero-order valence-electron chi connectivity index (χ0n) is 13.5. The molecule has 2 heterocycles. The van der Waals surface area contributed by atoms with E-state index in [2.05, 4.69) is 20.7 Å². The van der Waals surface area contributed by atoms with E-state index in [1.165, 1.54) is 0 Å². The maximum absolute atomic E-state index is 11.9. The van der Waals surface area contributed by atoms with Gasteiger partial charge < -0.3 is 20.1 Å². The highest BCUT2D eigenvalue weighted by Gasteiger charge is 2.43. The number of aliphatic hydroxyl groups is 3. The second-order valence-corrected chi connectivity index (χ2v) is 6.42. The zero-order chi connectivity index (χ0) is 18.1. The highest BCUT2D eigenvalue weighted by atomic mass is 16.6. The molecule has 5 N–H and O–H groups in total. The lowest BCUT2D eigenvalue weighted by Gasteiger charge is -2.17. The molecule has 4 atom stereocenters. The van der Waals surface area contributed by atoms with Crippen LogP contribution in [0.4, 0.5) is 5.69 Å². The molecule has 0 aromatic carbocycles. The van der Waals surface area contributed by atoms with Gasteiger partial charge in [0.15, 0.2) is 6.23 Å². The van der Waals surface area contributed by atoms with E-state index in [4.69, 9.17) is 9.84 Å². The molecule has 0 aliphatic carbocycles. The van der Waals surface area contributed by atoms with Crippen molar-refractivity contribution in [1.29, 1.82) is 0 Å². The van der Waals surface area contributed by atoms with Crippen molar-refractivity contribution in [3.63, 3.8) is 0 Å². The number of ether oxygens (including phenoxy) is 1. The Kier molecular flexibility index (Phi) is 5.18. The Labute approximate surface area is 136 Å². The van der Waals surface area contributed by atoms with E-state index in [1.807, 2.05) is 20.8 Å². The van der Waals surface area contributed by atoms with E-state index < -0.39 is 47.9 Å². The van der Waals surface area contributed by atoms with Crippen molar-refractivity contribution in [2.75, 3.05) is 12.0 Å². The van der Waals surface area contributed by atoms with Crippen LogP contribution in [-0.2, 0) is 4.74 Å². The van der Waals surface area contributed by atoms with Crippen molar-refractivity contribution in [3.05, 3.63) is 27.0 Å². The third-order valence-corrected chi connectivity index (χ3v) is 3.28. The minimum absolute atomic E-state index is 0.0969. The average Bonchev–Trinajstić information content (AvgIpc) is 2.76. The van der Waals surface area contributed by atoms with Crippen LogP contribution in [0.15, 0.2) is 26.1 Å². The fraction of sp³-hybridized carbons (Fsp3) is 0.692. The molecule has 1 aliphatic rings. The third kappa shape index (κ3) is 3.87. The molecule has 2 rings (SSSR count). The van der Waals surface area contributed by atoms with Gasteiger partial charge in [-0.05, 0) is 20.8 Å². The number of nitrogens with zero attached hydrogens (tertiary/aromatic N) is 3. The van der Waals surface area contributed by atoms with Crippen molar-refractivity contribution in [3.8, 4) is 0 Å². The first-order chi connectivity index (χ1) is 11.1. The summed E-state index contributed by atoms with van der Waals surface area (Å²) in [4.78, 5) is 25.8. The Morgan fingerprint density at radius 1 is 1.33 bits per heavy atom. The summed E-state index contributed by atoms with van der Waals surface area (Å²) in [6, 6.07) is 0. The Morgan fingerprint density at radius 3 is 2.54 bits per heavy atom. The van der Waals surface area contributed by atoms with Gasteiger partial charge in [-0.25, -0.2) is 4.79 Å². The maximum atomic E-state index is 11.9. The van der Waals surface area contributed by atoms with E-state index in [-0.39, 0.29) is 5.69 Å². The number of hydrogen-bond donors (Lipinski definition) is 5. The van der Waals surface area contributed by atoms with Crippen molar-refractivity contribution < 1.29 is 20.1 Å². The summed E-state index contributed by atoms with van der Waals surface area (Å²) in [5, 5.41) is 36.4. The van der Waals surface area contributed by atoms with Gasteiger partial charge in [0, 0.05) is 6.20 Å². The molecule has 134 valence electrons. The fourth-order valence-corrected chi connectivity index (χ4v) is 2.09. The molecule has 0 saturated carbocycles. The molecule has 1 aliphatic heterocycles. The van der Waals surface area contributed by atoms with E-state index in [9.17, 15) is 19.8 Å². The predicted octanol–water partition coefficient (Wildman–Crippen LogP) is -1.27. The first-order valence-corrected chi connectivity index (χ1v) is 7.30. The summed E-state index contributed by atoms with van der Waals surface area (Å²) >= 11 is 0. The smallest absolute Gasteiger partial charge is 0.330 e. The van der Waals surface area contributed by atoms with Gasteiger partial charge in [-0.15, -0.1) is 0 Å². The number of H-pyrrole nitrogens is 1. The van der Waals surface area contributed by atoms with Gasteiger partial charge in [0.2, 0.25) is 0 Å². The molecule has 1 fully saturated rings. The molecule has 0 spiro atoms. The third-order valence-electron chi connectivity index (χ3n) is 3.28. The Bertz CT molecular complexity index is 721. The van der Waals surface area contributed by atoms with Gasteiger partial charge in [-0.3, -0.25) is 19.8 Å². The van der Waals surface area contributed by atoms with Crippen LogP contribution in [0.25, 0.3) is 0 Å². The summed E-state index contributed by atoms with van der Waals surface area (Å²) in [6.07, 6.45) is -4.02. The van der Waals surface area contributed by atoms with Gasteiger partial charge in [-0.2, -0.15) is 5.11 Å². The van der Waals surface area contributed by atoms with Crippen LogP contribution in [0.2, 0.25) is 0 Å². The van der Waals surface area contributed by atoms with Gasteiger partial charge in [0.05, 0.1) is 12.1 Å². The summed E-state index contributed by atoms with van der Waals surface area (Å²) in [5.41, 5.74) is 0.294. The molecule has 4 unspecified atom stereocenters. The SMILES string of the molecule is CC(C)(C)N=NNc1cn(C2OC(CO)C(O)C2O)c(=O)[nH]c1=O. The van der Waals surface area contributed by atoms with Gasteiger partial charge in [0.25, 0.3) is 5.56 Å². The minimum Gasteiger partial charge on any atom is -0.394 e. The van der Waals surface area contributed by atoms with Gasteiger partial charge >= 0.3 is 5.69 Å². The molecule has 1 aromatic rings. The zero-order valence-corrected chi connectivity index (χ0v) is 13.5. The number of rotatable bonds is 4. The first kappa shape index (κ1) is 18.3. The molecular formula is C13H21N5O6. The van der Waals surface area contributed by atoms with Crippen LogP contribution >= 0.6 is 0 Å². The molecule has 1 aromatic heterocycles. The lowest BCUT2D eigenvalue weighted by atomic mass is 10.1. The summed E-state index contributed by atoms with van der Waals surface area (Å²) < 4.78 is 6.17. The molecular weight excluding hydrogens is 322 g/mol. The maximum Gasteiger partial charge on any atom is 0.330 e. The Morgan fingerprint density at radius 2 is 2.00 bits per heavy atom. The quantitative estimate of drug-likeness (QED) is 0.336. The lowest BCUT2D eigenvalue weighted by molar-refractivity contribution is -0.0549. The number of aromatic nitrogens is 2.